The fraction of sp³-hybridized carbons (Fsp3) is 0.429. The van der Waals surface area contributed by atoms with Crippen LogP contribution in [0.2, 0.25) is 0 Å². The molecule has 3 rings (SSSR count). The minimum atomic E-state index is -0.416. The van der Waals surface area contributed by atoms with E-state index in [-0.39, 0.29) is 5.91 Å². The van der Waals surface area contributed by atoms with E-state index < -0.39 is 6.04 Å². The molecule has 7 heteroatoms. The van der Waals surface area contributed by atoms with Crippen molar-refractivity contribution < 1.29 is 9.53 Å². The molecule has 1 aliphatic heterocycles. The Morgan fingerprint density at radius 2 is 2.00 bits per heavy atom. The largest absolute Gasteiger partial charge is 0.378 e. The quantitative estimate of drug-likeness (QED) is 0.809. The number of rotatable bonds is 4. The molecule has 1 aliphatic rings. The molecule has 21 heavy (non-hydrogen) atoms. The van der Waals surface area contributed by atoms with E-state index in [2.05, 4.69) is 15.5 Å². The standard InChI is InChI=1S/C14H17N5O2/c20-14(18-6-8-21-9-7-18)13(19-11-15-16-17-19)10-12-4-2-1-3-5-12/h1-5,11,13H,6-10H2. The molecule has 1 saturated heterocycles. The lowest BCUT2D eigenvalue weighted by atomic mass is 10.0. The molecule has 0 bridgehead atoms. The van der Waals surface area contributed by atoms with Gasteiger partial charge in [-0.3, -0.25) is 4.79 Å². The van der Waals surface area contributed by atoms with E-state index in [1.807, 2.05) is 35.2 Å². The second-order valence-electron chi connectivity index (χ2n) is 4.93. The van der Waals surface area contributed by atoms with Crippen LogP contribution >= 0.6 is 0 Å². The number of morpholine rings is 1. The molecule has 7 nitrogen and oxygen atoms in total. The van der Waals surface area contributed by atoms with E-state index in [1.54, 1.807) is 0 Å². The Kier molecular flexibility index (Phi) is 4.20. The van der Waals surface area contributed by atoms with E-state index in [1.165, 1.54) is 11.0 Å². The van der Waals surface area contributed by atoms with Gasteiger partial charge in [-0.1, -0.05) is 30.3 Å². The number of amides is 1. The van der Waals surface area contributed by atoms with Crippen molar-refractivity contribution in [2.24, 2.45) is 0 Å². The lowest BCUT2D eigenvalue weighted by Gasteiger charge is -2.30. The summed E-state index contributed by atoms with van der Waals surface area (Å²) in [7, 11) is 0. The molecule has 1 aromatic carbocycles. The summed E-state index contributed by atoms with van der Waals surface area (Å²) >= 11 is 0. The summed E-state index contributed by atoms with van der Waals surface area (Å²) in [5, 5.41) is 11.2. The minimum Gasteiger partial charge on any atom is -0.378 e. The van der Waals surface area contributed by atoms with Gasteiger partial charge in [0.15, 0.2) is 0 Å². The number of hydrogen-bond donors (Lipinski definition) is 0. The Hall–Kier alpha value is -2.28. The van der Waals surface area contributed by atoms with Crippen LogP contribution in [0, 0.1) is 0 Å². The first-order valence-electron chi connectivity index (χ1n) is 6.97. The summed E-state index contributed by atoms with van der Waals surface area (Å²) in [4.78, 5) is 14.6. The average Bonchev–Trinajstić information content (AvgIpc) is 3.08. The third-order valence-electron chi connectivity index (χ3n) is 3.56. The van der Waals surface area contributed by atoms with Crippen LogP contribution in [0.5, 0.6) is 0 Å². The number of benzene rings is 1. The summed E-state index contributed by atoms with van der Waals surface area (Å²) in [5.74, 6) is 0.0365. The number of carbonyl (C=O) groups is 1. The predicted molar refractivity (Wildman–Crippen MR) is 74.4 cm³/mol. The Balaban J connectivity index is 1.80. The highest BCUT2D eigenvalue weighted by molar-refractivity contribution is 5.80. The summed E-state index contributed by atoms with van der Waals surface area (Å²) < 4.78 is 6.83. The molecule has 1 amide bonds. The van der Waals surface area contributed by atoms with Gasteiger partial charge >= 0.3 is 0 Å². The molecular weight excluding hydrogens is 270 g/mol. The molecule has 0 saturated carbocycles. The van der Waals surface area contributed by atoms with Crippen LogP contribution in [0.4, 0.5) is 0 Å². The third-order valence-corrected chi connectivity index (χ3v) is 3.56. The maximum atomic E-state index is 12.8. The molecule has 1 atom stereocenters. The van der Waals surface area contributed by atoms with E-state index >= 15 is 0 Å². The van der Waals surface area contributed by atoms with Crippen LogP contribution in [0.25, 0.3) is 0 Å². The summed E-state index contributed by atoms with van der Waals surface area (Å²) in [6.07, 6.45) is 2.06. The lowest BCUT2D eigenvalue weighted by molar-refractivity contribution is -0.139. The second-order valence-corrected chi connectivity index (χ2v) is 4.93. The normalized spacial score (nSPS) is 16.7. The number of tetrazole rings is 1. The van der Waals surface area contributed by atoms with Crippen LogP contribution < -0.4 is 0 Å². The smallest absolute Gasteiger partial charge is 0.248 e. The molecule has 1 fully saturated rings. The van der Waals surface area contributed by atoms with Crippen molar-refractivity contribution in [1.82, 2.24) is 25.1 Å². The number of nitrogens with zero attached hydrogens (tertiary/aromatic N) is 5. The molecule has 2 heterocycles. The summed E-state index contributed by atoms with van der Waals surface area (Å²) in [6, 6.07) is 9.48. The highest BCUT2D eigenvalue weighted by Gasteiger charge is 2.28. The van der Waals surface area contributed by atoms with Crippen molar-refractivity contribution in [1.29, 1.82) is 0 Å². The van der Waals surface area contributed by atoms with Crippen LogP contribution in [0.3, 0.4) is 0 Å². The van der Waals surface area contributed by atoms with Gasteiger partial charge in [-0.2, -0.15) is 0 Å². The highest BCUT2D eigenvalue weighted by Crippen LogP contribution is 2.17. The zero-order valence-corrected chi connectivity index (χ0v) is 11.6. The predicted octanol–water partition coefficient (Wildman–Crippen LogP) is 0.316. The maximum Gasteiger partial charge on any atom is 0.248 e. The average molecular weight is 287 g/mol. The van der Waals surface area contributed by atoms with Gasteiger partial charge in [0, 0.05) is 19.5 Å². The Morgan fingerprint density at radius 3 is 2.67 bits per heavy atom. The Morgan fingerprint density at radius 1 is 1.24 bits per heavy atom. The number of carbonyl (C=O) groups excluding carboxylic acids is 1. The molecule has 0 aliphatic carbocycles. The molecule has 0 N–H and O–H groups in total. The van der Waals surface area contributed by atoms with Crippen molar-refractivity contribution in [3.63, 3.8) is 0 Å². The van der Waals surface area contributed by atoms with E-state index in [9.17, 15) is 4.79 Å². The molecule has 2 aromatic rings. The van der Waals surface area contributed by atoms with E-state index in [0.717, 1.165) is 5.56 Å². The molecule has 0 radical (unpaired) electrons. The van der Waals surface area contributed by atoms with Gasteiger partial charge < -0.3 is 9.64 Å². The first-order valence-corrected chi connectivity index (χ1v) is 6.97. The van der Waals surface area contributed by atoms with Crippen LogP contribution in [0.1, 0.15) is 11.6 Å². The molecular formula is C14H17N5O2. The van der Waals surface area contributed by atoms with Crippen molar-refractivity contribution in [2.45, 2.75) is 12.5 Å². The van der Waals surface area contributed by atoms with Gasteiger partial charge in [-0.25, -0.2) is 4.68 Å². The van der Waals surface area contributed by atoms with E-state index in [4.69, 9.17) is 4.74 Å². The van der Waals surface area contributed by atoms with Crippen LogP contribution in [-0.4, -0.2) is 57.3 Å². The van der Waals surface area contributed by atoms with Crippen molar-refractivity contribution in [3.05, 3.63) is 42.2 Å². The fourth-order valence-electron chi connectivity index (χ4n) is 2.44. The second kappa shape index (κ2) is 6.45. The molecule has 110 valence electrons. The Bertz CT molecular complexity index is 566. The Labute approximate surface area is 122 Å². The van der Waals surface area contributed by atoms with Crippen LogP contribution in [-0.2, 0) is 16.0 Å². The number of hydrogen-bond acceptors (Lipinski definition) is 5. The molecule has 0 spiro atoms. The lowest BCUT2D eigenvalue weighted by Crippen LogP contribution is -2.45. The molecule has 1 unspecified atom stereocenters. The summed E-state index contributed by atoms with van der Waals surface area (Å²) in [6.45, 7) is 2.40. The topological polar surface area (TPSA) is 73.1 Å². The van der Waals surface area contributed by atoms with Gasteiger partial charge in [0.05, 0.1) is 13.2 Å². The van der Waals surface area contributed by atoms with Crippen molar-refractivity contribution in [2.75, 3.05) is 26.3 Å². The zero-order valence-electron chi connectivity index (χ0n) is 11.6. The SMILES string of the molecule is O=C(C(Cc1ccccc1)n1cnnn1)N1CCOCC1. The monoisotopic (exact) mass is 287 g/mol. The highest BCUT2D eigenvalue weighted by atomic mass is 16.5. The van der Waals surface area contributed by atoms with Crippen molar-refractivity contribution >= 4 is 5.91 Å². The first kappa shape index (κ1) is 13.7. The first-order chi connectivity index (χ1) is 10.3. The van der Waals surface area contributed by atoms with Crippen molar-refractivity contribution in [3.8, 4) is 0 Å². The number of aromatic nitrogens is 4. The van der Waals surface area contributed by atoms with Crippen LogP contribution in [0.15, 0.2) is 36.7 Å². The van der Waals surface area contributed by atoms with Gasteiger partial charge in [-0.15, -0.1) is 5.10 Å². The number of ether oxygens (including phenoxy) is 1. The maximum absolute atomic E-state index is 12.8. The van der Waals surface area contributed by atoms with Gasteiger partial charge in [0.1, 0.15) is 12.4 Å². The van der Waals surface area contributed by atoms with Gasteiger partial charge in [-0.05, 0) is 16.0 Å². The summed E-state index contributed by atoms with van der Waals surface area (Å²) in [5.41, 5.74) is 1.08. The van der Waals surface area contributed by atoms with Gasteiger partial charge in [0.2, 0.25) is 5.91 Å². The zero-order chi connectivity index (χ0) is 14.5. The van der Waals surface area contributed by atoms with E-state index in [0.29, 0.717) is 32.7 Å². The fourth-order valence-corrected chi connectivity index (χ4v) is 2.44. The third kappa shape index (κ3) is 3.25. The van der Waals surface area contributed by atoms with Gasteiger partial charge in [0.25, 0.3) is 0 Å². The minimum absolute atomic E-state index is 0.0365. The molecule has 1 aromatic heterocycles.